The summed E-state index contributed by atoms with van der Waals surface area (Å²) in [4.78, 5) is 31.3. The van der Waals surface area contributed by atoms with Crippen LogP contribution in [0.4, 0.5) is 5.69 Å². The smallest absolute Gasteiger partial charge is 0.279 e. The van der Waals surface area contributed by atoms with Gasteiger partial charge >= 0.3 is 11.7 Å². The van der Waals surface area contributed by atoms with Gasteiger partial charge in [0.25, 0.3) is 5.75 Å². The number of hydrogen-bond acceptors (Lipinski definition) is 5. The summed E-state index contributed by atoms with van der Waals surface area (Å²) in [6.07, 6.45) is 0. The second-order valence-corrected chi connectivity index (χ2v) is 4.02. The molecule has 0 aliphatic carbocycles. The van der Waals surface area contributed by atoms with Crippen LogP contribution in [0.5, 0.6) is 5.75 Å². The zero-order valence-corrected chi connectivity index (χ0v) is 10.9. The molecule has 0 unspecified atom stereocenters. The lowest BCUT2D eigenvalue weighted by Crippen LogP contribution is -2.10. The Kier molecular flexibility index (Phi) is 4.30. The van der Waals surface area contributed by atoms with Gasteiger partial charge in [-0.25, -0.2) is 9.68 Å². The number of nitro benzene ring substituents is 1. The predicted molar refractivity (Wildman–Crippen MR) is 75.3 cm³/mol. The van der Waals surface area contributed by atoms with E-state index in [0.717, 1.165) is 0 Å². The second-order valence-electron chi connectivity index (χ2n) is 4.02. The summed E-state index contributed by atoms with van der Waals surface area (Å²) in [7, 11) is 0. The lowest BCUT2D eigenvalue weighted by molar-refractivity contribution is -0.387. The largest absolute Gasteiger partial charge is 0.386 e. The zero-order valence-electron chi connectivity index (χ0n) is 10.9. The zero-order chi connectivity index (χ0) is 15.2. The van der Waals surface area contributed by atoms with Crippen LogP contribution in [0.1, 0.15) is 5.56 Å². The van der Waals surface area contributed by atoms with E-state index >= 15 is 0 Å². The molecule has 0 N–H and O–H groups in total. The number of carbonyl (C=O) groups is 1. The molecule has 106 valence electrons. The third-order valence-electron chi connectivity index (χ3n) is 2.64. The summed E-state index contributed by atoms with van der Waals surface area (Å²) < 4.78 is 0. The molecule has 0 heterocycles. The van der Waals surface area contributed by atoms with Gasteiger partial charge in [-0.3, -0.25) is 15.0 Å². The van der Waals surface area contributed by atoms with E-state index in [9.17, 15) is 14.9 Å². The molecule has 0 aliphatic rings. The maximum absolute atomic E-state index is 11.8. The molecule has 0 saturated heterocycles. The molecule has 2 aromatic carbocycles. The highest BCUT2D eigenvalue weighted by Gasteiger charge is 2.18. The van der Waals surface area contributed by atoms with Gasteiger partial charge in [0.05, 0.1) is 10.5 Å². The highest BCUT2D eigenvalue weighted by atomic mass is 17.2. The Morgan fingerprint density at radius 1 is 1.05 bits per heavy atom. The fourth-order valence-corrected chi connectivity index (χ4v) is 1.57. The van der Waals surface area contributed by atoms with Gasteiger partial charge in [0.1, 0.15) is 0 Å². The van der Waals surface area contributed by atoms with Crippen LogP contribution in [0.15, 0.2) is 61.2 Å². The van der Waals surface area contributed by atoms with Crippen molar-refractivity contribution in [1.29, 1.82) is 0 Å². The minimum atomic E-state index is -0.820. The Bertz CT molecular complexity index is 681. The van der Waals surface area contributed by atoms with Gasteiger partial charge in [-0.1, -0.05) is 49.0 Å². The van der Waals surface area contributed by atoms with E-state index < -0.39 is 10.9 Å². The van der Waals surface area contributed by atoms with Crippen LogP contribution in [0.2, 0.25) is 0 Å². The molecule has 0 saturated carbocycles. The summed E-state index contributed by atoms with van der Waals surface area (Å²) >= 11 is 0. The van der Waals surface area contributed by atoms with Crippen LogP contribution < -0.4 is 4.89 Å². The molecule has 21 heavy (non-hydrogen) atoms. The normalized spacial score (nSPS) is 9.71. The van der Waals surface area contributed by atoms with Gasteiger partial charge in [0, 0.05) is 6.07 Å². The van der Waals surface area contributed by atoms with Crippen molar-refractivity contribution < 1.29 is 19.5 Å². The molecule has 6 nitrogen and oxygen atoms in total. The van der Waals surface area contributed by atoms with Crippen molar-refractivity contribution >= 4 is 17.2 Å². The molecular weight excluding hydrogens is 274 g/mol. The molecule has 0 fully saturated rings. The van der Waals surface area contributed by atoms with Crippen molar-refractivity contribution in [1.82, 2.24) is 0 Å². The predicted octanol–water partition coefficient (Wildman–Crippen LogP) is 3.15. The van der Waals surface area contributed by atoms with Crippen molar-refractivity contribution in [3.63, 3.8) is 0 Å². The van der Waals surface area contributed by atoms with Crippen LogP contribution in [-0.4, -0.2) is 10.9 Å². The molecule has 0 radical (unpaired) electrons. The first-order valence-electron chi connectivity index (χ1n) is 5.96. The topological polar surface area (TPSA) is 78.7 Å². The van der Waals surface area contributed by atoms with Crippen LogP contribution in [0, 0.1) is 10.1 Å². The van der Waals surface area contributed by atoms with Crippen LogP contribution in [-0.2, 0) is 9.68 Å². The summed E-state index contributed by atoms with van der Waals surface area (Å²) in [5.74, 6) is -0.976. The first-order chi connectivity index (χ1) is 10.1. The van der Waals surface area contributed by atoms with Gasteiger partial charge in [0.15, 0.2) is 0 Å². The molecular formula is C15H11NO5. The number of benzene rings is 2. The molecule has 2 aromatic rings. The van der Waals surface area contributed by atoms with E-state index in [2.05, 4.69) is 11.5 Å². The average molecular weight is 285 g/mol. The van der Waals surface area contributed by atoms with Crippen molar-refractivity contribution in [3.8, 4) is 5.75 Å². The fraction of sp³-hybridized carbons (Fsp3) is 0. The third kappa shape index (κ3) is 3.44. The Balaban J connectivity index is 2.05. The van der Waals surface area contributed by atoms with E-state index in [1.807, 2.05) is 0 Å². The van der Waals surface area contributed by atoms with E-state index in [-0.39, 0.29) is 17.0 Å². The van der Waals surface area contributed by atoms with Gasteiger partial charge in [-0.2, -0.15) is 0 Å². The minimum absolute atomic E-state index is 0.0918. The Morgan fingerprint density at radius 2 is 1.67 bits per heavy atom. The number of carbonyl (C=O) groups excluding carboxylic acids is 1. The Morgan fingerprint density at radius 3 is 2.33 bits per heavy atom. The van der Waals surface area contributed by atoms with Gasteiger partial charge < -0.3 is 0 Å². The first kappa shape index (κ1) is 14.3. The summed E-state index contributed by atoms with van der Waals surface area (Å²) in [5.41, 5.74) is 0.374. The van der Waals surface area contributed by atoms with Crippen LogP contribution in [0.25, 0.3) is 5.57 Å². The number of para-hydroxylation sites is 2. The molecule has 0 bridgehead atoms. The van der Waals surface area contributed by atoms with Crippen molar-refractivity contribution in [2.75, 3.05) is 0 Å². The van der Waals surface area contributed by atoms with Crippen LogP contribution in [0.3, 0.4) is 0 Å². The van der Waals surface area contributed by atoms with Gasteiger partial charge in [-0.15, -0.1) is 0 Å². The maximum atomic E-state index is 11.8. The Hall–Kier alpha value is -3.15. The van der Waals surface area contributed by atoms with Crippen molar-refractivity contribution in [3.05, 3.63) is 76.9 Å². The lowest BCUT2D eigenvalue weighted by atomic mass is 10.1. The van der Waals surface area contributed by atoms with E-state index in [0.29, 0.717) is 5.56 Å². The van der Waals surface area contributed by atoms with E-state index in [4.69, 9.17) is 4.89 Å². The summed E-state index contributed by atoms with van der Waals surface area (Å²) in [5, 5.41) is 10.8. The molecule has 0 aliphatic heterocycles. The number of nitro groups is 1. The van der Waals surface area contributed by atoms with Crippen LogP contribution >= 0.6 is 0 Å². The van der Waals surface area contributed by atoms with E-state index in [1.54, 1.807) is 30.3 Å². The quantitative estimate of drug-likeness (QED) is 0.365. The second kappa shape index (κ2) is 6.33. The van der Waals surface area contributed by atoms with Gasteiger partial charge in [0.2, 0.25) is 0 Å². The molecule has 0 spiro atoms. The average Bonchev–Trinajstić information content (AvgIpc) is 2.52. The monoisotopic (exact) mass is 285 g/mol. The molecule has 6 heteroatoms. The standard InChI is InChI=1S/C15H11NO5/c1-11(12-7-3-2-4-8-12)15(17)21-20-14-10-6-5-9-13(14)16(18)19/h2-10H,1H2. The highest BCUT2D eigenvalue weighted by molar-refractivity contribution is 6.15. The number of nitrogens with zero attached hydrogens (tertiary/aromatic N) is 1. The van der Waals surface area contributed by atoms with Gasteiger partial charge in [-0.05, 0) is 11.6 Å². The highest BCUT2D eigenvalue weighted by Crippen LogP contribution is 2.26. The first-order valence-corrected chi connectivity index (χ1v) is 5.96. The number of rotatable bonds is 5. The van der Waals surface area contributed by atoms with E-state index in [1.165, 1.54) is 24.3 Å². The molecule has 0 aromatic heterocycles. The Labute approximate surface area is 120 Å². The third-order valence-corrected chi connectivity index (χ3v) is 2.64. The van der Waals surface area contributed by atoms with Crippen molar-refractivity contribution in [2.45, 2.75) is 0 Å². The SMILES string of the molecule is C=C(C(=O)OOc1ccccc1[N+](=O)[O-])c1ccccc1. The van der Waals surface area contributed by atoms with Crippen molar-refractivity contribution in [2.24, 2.45) is 0 Å². The minimum Gasteiger partial charge on any atom is -0.279 e. The summed E-state index contributed by atoms with van der Waals surface area (Å²) in [6.45, 7) is 3.61. The number of hydrogen-bond donors (Lipinski definition) is 0. The summed E-state index contributed by atoms with van der Waals surface area (Å²) in [6, 6.07) is 14.3. The maximum Gasteiger partial charge on any atom is 0.386 e. The molecule has 2 rings (SSSR count). The molecule has 0 atom stereocenters. The molecule has 0 amide bonds. The fourth-order valence-electron chi connectivity index (χ4n) is 1.57. The lowest BCUT2D eigenvalue weighted by Gasteiger charge is -2.06.